The van der Waals surface area contributed by atoms with Crippen molar-refractivity contribution in [2.75, 3.05) is 0 Å². The molecule has 2 N–H and O–H groups in total. The van der Waals surface area contributed by atoms with E-state index in [4.69, 9.17) is 11.6 Å². The molecule has 4 aromatic carbocycles. The number of nitrogens with one attached hydrogen (secondary N) is 2. The molecule has 0 aromatic heterocycles. The van der Waals surface area contributed by atoms with Crippen molar-refractivity contribution in [3.8, 4) is 11.1 Å². The molecule has 0 unspecified atom stereocenters. The van der Waals surface area contributed by atoms with Gasteiger partial charge in [0.05, 0.1) is 4.90 Å². The zero-order chi connectivity index (χ0) is 29.9. The van der Waals surface area contributed by atoms with Crippen molar-refractivity contribution in [2.24, 2.45) is 0 Å². The molecule has 0 saturated carbocycles. The molecule has 1 saturated heterocycles. The fraction of sp³-hybridized carbons (Fsp3) is 0.156. The molecule has 214 valence electrons. The minimum Gasteiger partial charge on any atom is -0.325 e. The summed E-state index contributed by atoms with van der Waals surface area (Å²) >= 11 is 5.98. The quantitative estimate of drug-likeness (QED) is 0.265. The van der Waals surface area contributed by atoms with Crippen LogP contribution in [0.4, 0.5) is 4.79 Å². The fourth-order valence-corrected chi connectivity index (χ4v) is 5.95. The maximum Gasteiger partial charge on any atom is 0.325 e. The van der Waals surface area contributed by atoms with Crippen molar-refractivity contribution >= 4 is 39.5 Å². The van der Waals surface area contributed by atoms with Gasteiger partial charge in [0.25, 0.3) is 21.8 Å². The lowest BCUT2D eigenvalue weighted by Gasteiger charge is -2.24. The molecule has 42 heavy (non-hydrogen) atoms. The van der Waals surface area contributed by atoms with Crippen LogP contribution in [-0.4, -0.2) is 43.2 Å². The summed E-state index contributed by atoms with van der Waals surface area (Å²) in [5.41, 5.74) is 4.27. The summed E-state index contributed by atoms with van der Waals surface area (Å²) in [7, 11) is -4.25. The maximum absolute atomic E-state index is 13.6. The summed E-state index contributed by atoms with van der Waals surface area (Å²) in [5.74, 6) is -1.58. The van der Waals surface area contributed by atoms with Gasteiger partial charge in [-0.2, -0.15) is 0 Å². The first-order chi connectivity index (χ1) is 20.1. The number of amides is 4. The number of halogens is 1. The number of carbonyl (C=O) groups excluding carboxylic acids is 3. The van der Waals surface area contributed by atoms with Crippen molar-refractivity contribution in [3.63, 3.8) is 0 Å². The molecule has 2 atom stereocenters. The number of sulfonamides is 1. The molecule has 1 aliphatic rings. The van der Waals surface area contributed by atoms with E-state index in [1.807, 2.05) is 43.3 Å². The van der Waals surface area contributed by atoms with Gasteiger partial charge in [-0.25, -0.2) is 22.8 Å². The minimum atomic E-state index is -4.25. The maximum atomic E-state index is 13.6. The van der Waals surface area contributed by atoms with E-state index in [0.29, 0.717) is 10.6 Å². The van der Waals surface area contributed by atoms with E-state index in [1.54, 1.807) is 54.6 Å². The van der Waals surface area contributed by atoms with Crippen LogP contribution >= 0.6 is 11.6 Å². The van der Waals surface area contributed by atoms with E-state index >= 15 is 0 Å². The molecule has 0 aliphatic carbocycles. The number of imide groups is 1. The van der Waals surface area contributed by atoms with Crippen LogP contribution in [0.1, 0.15) is 16.7 Å². The molecule has 1 fully saturated rings. The predicted octanol–water partition coefficient (Wildman–Crippen LogP) is 4.89. The third kappa shape index (κ3) is 6.53. The standard InChI is InChI=1S/C32H28ClN3O5S/c1-21-7-17-27(18-8-21)42(40,41)35-30(37)29(20-22-5-3-2-4-6-22)36-31(38)28(34-32(36)39)19-23-9-11-24(12-10-23)25-13-15-26(33)16-14-25/h2-18,28-29H,19-20H2,1H3,(H,34,39)(H,35,37)/t28-,29-/m0/s1. The monoisotopic (exact) mass is 601 g/mol. The Kier molecular flexibility index (Phi) is 8.42. The molecule has 0 radical (unpaired) electrons. The number of urea groups is 1. The van der Waals surface area contributed by atoms with E-state index in [0.717, 1.165) is 27.2 Å². The van der Waals surface area contributed by atoms with Crippen molar-refractivity contribution < 1.29 is 22.8 Å². The highest BCUT2D eigenvalue weighted by atomic mass is 35.5. The summed E-state index contributed by atoms with van der Waals surface area (Å²) in [6.45, 7) is 1.81. The van der Waals surface area contributed by atoms with Gasteiger partial charge in [0.2, 0.25) is 0 Å². The van der Waals surface area contributed by atoms with Crippen LogP contribution in [0.25, 0.3) is 11.1 Å². The van der Waals surface area contributed by atoms with E-state index in [1.165, 1.54) is 12.1 Å². The molecule has 1 heterocycles. The number of hydrogen-bond acceptors (Lipinski definition) is 5. The molecule has 0 bridgehead atoms. The second-order valence-corrected chi connectivity index (χ2v) is 12.2. The lowest BCUT2D eigenvalue weighted by molar-refractivity contribution is -0.135. The smallest absolute Gasteiger partial charge is 0.325 e. The average molecular weight is 602 g/mol. The average Bonchev–Trinajstić information content (AvgIpc) is 3.25. The number of hydrogen-bond donors (Lipinski definition) is 2. The Morgan fingerprint density at radius 1 is 0.857 bits per heavy atom. The highest BCUT2D eigenvalue weighted by Gasteiger charge is 2.45. The van der Waals surface area contributed by atoms with Gasteiger partial charge in [-0.05, 0) is 53.4 Å². The topological polar surface area (TPSA) is 113 Å². The van der Waals surface area contributed by atoms with Gasteiger partial charge in [-0.15, -0.1) is 0 Å². The molecule has 5 rings (SSSR count). The van der Waals surface area contributed by atoms with Crippen molar-refractivity contribution in [1.82, 2.24) is 14.9 Å². The summed E-state index contributed by atoms with van der Waals surface area (Å²) < 4.78 is 28.1. The van der Waals surface area contributed by atoms with Crippen LogP contribution in [-0.2, 0) is 32.5 Å². The largest absolute Gasteiger partial charge is 0.325 e. The Hall–Kier alpha value is -4.47. The van der Waals surface area contributed by atoms with E-state index < -0.39 is 40.0 Å². The van der Waals surface area contributed by atoms with Gasteiger partial charge in [0.15, 0.2) is 0 Å². The van der Waals surface area contributed by atoms with Gasteiger partial charge in [0, 0.05) is 17.9 Å². The van der Waals surface area contributed by atoms with Crippen LogP contribution in [0.15, 0.2) is 108 Å². The Morgan fingerprint density at radius 2 is 1.45 bits per heavy atom. The van der Waals surface area contributed by atoms with Crippen LogP contribution in [0.5, 0.6) is 0 Å². The first kappa shape index (κ1) is 29.0. The second-order valence-electron chi connectivity index (χ2n) is 10.1. The summed E-state index contributed by atoms with van der Waals surface area (Å²) in [6.07, 6.45) is 0.140. The molecule has 4 aromatic rings. The first-order valence-electron chi connectivity index (χ1n) is 13.3. The van der Waals surface area contributed by atoms with Gasteiger partial charge in [-0.3, -0.25) is 9.59 Å². The summed E-state index contributed by atoms with van der Waals surface area (Å²) in [5, 5.41) is 3.31. The Morgan fingerprint density at radius 3 is 2.07 bits per heavy atom. The van der Waals surface area contributed by atoms with Crippen LogP contribution in [0, 0.1) is 6.92 Å². The lowest BCUT2D eigenvalue weighted by atomic mass is 10.00. The van der Waals surface area contributed by atoms with Gasteiger partial charge < -0.3 is 5.32 Å². The Bertz CT molecular complexity index is 1710. The lowest BCUT2D eigenvalue weighted by Crippen LogP contribution is -2.52. The Balaban J connectivity index is 1.36. The van der Waals surface area contributed by atoms with E-state index in [-0.39, 0.29) is 17.7 Å². The van der Waals surface area contributed by atoms with E-state index in [2.05, 4.69) is 10.0 Å². The van der Waals surface area contributed by atoms with E-state index in [9.17, 15) is 22.8 Å². The van der Waals surface area contributed by atoms with Gasteiger partial charge >= 0.3 is 6.03 Å². The van der Waals surface area contributed by atoms with Crippen molar-refractivity contribution in [1.29, 1.82) is 0 Å². The number of benzene rings is 4. The Labute approximate surface area is 249 Å². The first-order valence-corrected chi connectivity index (χ1v) is 15.1. The fourth-order valence-electron chi connectivity index (χ4n) is 4.81. The zero-order valence-corrected chi connectivity index (χ0v) is 24.2. The van der Waals surface area contributed by atoms with Crippen molar-refractivity contribution in [2.45, 2.75) is 36.7 Å². The number of aryl methyl sites for hydroxylation is 1. The molecule has 8 nitrogen and oxygen atoms in total. The molecular formula is C32H28ClN3O5S. The number of rotatable bonds is 9. The third-order valence-electron chi connectivity index (χ3n) is 7.08. The highest BCUT2D eigenvalue weighted by Crippen LogP contribution is 2.24. The van der Waals surface area contributed by atoms with Crippen molar-refractivity contribution in [3.05, 3.63) is 125 Å². The second kappa shape index (κ2) is 12.2. The normalized spacial score (nSPS) is 15.8. The molecule has 4 amide bonds. The number of carbonyl (C=O) groups is 3. The zero-order valence-electron chi connectivity index (χ0n) is 22.7. The SMILES string of the molecule is Cc1ccc(S(=O)(=O)NC(=O)[C@H](Cc2ccccc2)N2C(=O)N[C@@H](Cc3ccc(-c4ccc(Cl)cc4)cc3)C2=O)cc1. The van der Waals surface area contributed by atoms with Crippen LogP contribution in [0.2, 0.25) is 5.02 Å². The molecule has 1 aliphatic heterocycles. The predicted molar refractivity (Wildman–Crippen MR) is 160 cm³/mol. The molecular weight excluding hydrogens is 574 g/mol. The number of nitrogens with zero attached hydrogens (tertiary/aromatic N) is 1. The molecule has 0 spiro atoms. The van der Waals surface area contributed by atoms with Crippen LogP contribution in [0.3, 0.4) is 0 Å². The van der Waals surface area contributed by atoms with Gasteiger partial charge in [0.1, 0.15) is 12.1 Å². The summed E-state index contributed by atoms with van der Waals surface area (Å²) in [6, 6.07) is 26.7. The van der Waals surface area contributed by atoms with Crippen LogP contribution < -0.4 is 10.0 Å². The molecule has 10 heteroatoms. The van der Waals surface area contributed by atoms with Gasteiger partial charge in [-0.1, -0.05) is 96.0 Å². The highest BCUT2D eigenvalue weighted by molar-refractivity contribution is 7.90. The third-order valence-corrected chi connectivity index (χ3v) is 8.69. The minimum absolute atomic E-state index is 0.0578. The summed E-state index contributed by atoms with van der Waals surface area (Å²) in [4.78, 5) is 40.9.